The SMILES string of the molecule is COc1cc(C)c(S(=O)(=O)N(C)CCOCC(=O)N(C)C2CCCN(C3CCN(C)CC3)C2)c(C)c1. The summed E-state index contributed by atoms with van der Waals surface area (Å²) < 4.78 is 38.4. The van der Waals surface area contributed by atoms with Gasteiger partial charge in [0.1, 0.15) is 12.4 Å². The van der Waals surface area contributed by atoms with Crippen molar-refractivity contribution in [1.29, 1.82) is 0 Å². The summed E-state index contributed by atoms with van der Waals surface area (Å²) in [7, 11) is 3.45. The van der Waals surface area contributed by atoms with E-state index in [0.717, 1.165) is 39.0 Å². The molecule has 0 bridgehead atoms. The number of sulfonamides is 1. The van der Waals surface area contributed by atoms with Crippen molar-refractivity contribution in [3.8, 4) is 5.75 Å². The van der Waals surface area contributed by atoms with Gasteiger partial charge in [0.05, 0.1) is 18.6 Å². The number of likely N-dealkylation sites (N-methyl/N-ethyl adjacent to an activating group) is 2. The minimum atomic E-state index is -3.69. The van der Waals surface area contributed by atoms with Crippen LogP contribution in [0.4, 0.5) is 0 Å². The van der Waals surface area contributed by atoms with Crippen molar-refractivity contribution in [1.82, 2.24) is 19.0 Å². The van der Waals surface area contributed by atoms with E-state index in [1.54, 1.807) is 33.1 Å². The molecule has 36 heavy (non-hydrogen) atoms. The number of aryl methyl sites for hydroxylation is 2. The van der Waals surface area contributed by atoms with E-state index in [1.807, 2.05) is 11.9 Å². The van der Waals surface area contributed by atoms with Crippen LogP contribution in [-0.2, 0) is 19.6 Å². The fourth-order valence-electron chi connectivity index (χ4n) is 5.36. The second-order valence-electron chi connectivity index (χ2n) is 10.3. The minimum absolute atomic E-state index is 0.0459. The summed E-state index contributed by atoms with van der Waals surface area (Å²) in [5, 5.41) is 0. The number of carbonyl (C=O) groups excluding carboxylic acids is 1. The topological polar surface area (TPSA) is 82.6 Å². The van der Waals surface area contributed by atoms with E-state index in [0.29, 0.717) is 22.9 Å². The maximum Gasteiger partial charge on any atom is 0.248 e. The quantitative estimate of drug-likeness (QED) is 0.433. The highest BCUT2D eigenvalue weighted by molar-refractivity contribution is 7.89. The van der Waals surface area contributed by atoms with Gasteiger partial charge < -0.3 is 19.3 Å². The molecule has 0 aromatic heterocycles. The average molecular weight is 525 g/mol. The predicted octanol–water partition coefficient (Wildman–Crippen LogP) is 1.97. The summed E-state index contributed by atoms with van der Waals surface area (Å²) in [6.07, 6.45) is 4.49. The Hall–Kier alpha value is -1.72. The Morgan fingerprint density at radius 1 is 1.08 bits per heavy atom. The highest BCUT2D eigenvalue weighted by atomic mass is 32.2. The van der Waals surface area contributed by atoms with Crippen molar-refractivity contribution in [2.45, 2.75) is 56.5 Å². The van der Waals surface area contributed by atoms with Crippen LogP contribution in [0.25, 0.3) is 0 Å². The third-order valence-corrected chi connectivity index (χ3v) is 9.85. The summed E-state index contributed by atoms with van der Waals surface area (Å²) in [5.74, 6) is 0.572. The monoisotopic (exact) mass is 524 g/mol. The zero-order chi connectivity index (χ0) is 26.5. The van der Waals surface area contributed by atoms with Crippen molar-refractivity contribution in [3.63, 3.8) is 0 Å². The predicted molar refractivity (Wildman–Crippen MR) is 141 cm³/mol. The molecule has 2 aliphatic rings. The number of benzene rings is 1. The van der Waals surface area contributed by atoms with Crippen LogP contribution >= 0.6 is 0 Å². The molecule has 204 valence electrons. The Morgan fingerprint density at radius 3 is 2.33 bits per heavy atom. The molecule has 1 amide bonds. The molecule has 2 aliphatic heterocycles. The van der Waals surface area contributed by atoms with Gasteiger partial charge in [0, 0.05) is 39.3 Å². The zero-order valence-electron chi connectivity index (χ0n) is 22.8. The zero-order valence-corrected chi connectivity index (χ0v) is 23.6. The van der Waals surface area contributed by atoms with E-state index in [9.17, 15) is 13.2 Å². The lowest BCUT2D eigenvalue weighted by molar-refractivity contribution is -0.138. The number of hydrogen-bond donors (Lipinski definition) is 0. The number of piperidine rings is 2. The van der Waals surface area contributed by atoms with Crippen LogP contribution in [0.2, 0.25) is 0 Å². The van der Waals surface area contributed by atoms with E-state index in [-0.39, 0.29) is 36.6 Å². The first kappa shape index (κ1) is 28.8. The molecule has 0 spiro atoms. The lowest BCUT2D eigenvalue weighted by Crippen LogP contribution is -2.54. The van der Waals surface area contributed by atoms with Crippen LogP contribution in [-0.4, -0.2) is 120 Å². The van der Waals surface area contributed by atoms with E-state index < -0.39 is 10.0 Å². The van der Waals surface area contributed by atoms with Gasteiger partial charge in [-0.2, -0.15) is 4.31 Å². The number of nitrogens with zero attached hydrogens (tertiary/aromatic N) is 4. The molecular formula is C26H44N4O5S. The van der Waals surface area contributed by atoms with Crippen LogP contribution in [0.5, 0.6) is 5.75 Å². The van der Waals surface area contributed by atoms with Gasteiger partial charge in [-0.3, -0.25) is 9.69 Å². The van der Waals surface area contributed by atoms with E-state index >= 15 is 0 Å². The van der Waals surface area contributed by atoms with Crippen LogP contribution in [0.1, 0.15) is 36.8 Å². The van der Waals surface area contributed by atoms with E-state index in [4.69, 9.17) is 9.47 Å². The molecular weight excluding hydrogens is 480 g/mol. The van der Waals surface area contributed by atoms with Gasteiger partial charge >= 0.3 is 0 Å². The molecule has 0 N–H and O–H groups in total. The minimum Gasteiger partial charge on any atom is -0.497 e. The first-order valence-corrected chi connectivity index (χ1v) is 14.4. The van der Waals surface area contributed by atoms with Gasteiger partial charge in [0.25, 0.3) is 0 Å². The van der Waals surface area contributed by atoms with Crippen LogP contribution in [0.15, 0.2) is 17.0 Å². The summed E-state index contributed by atoms with van der Waals surface area (Å²) in [5.41, 5.74) is 1.27. The molecule has 0 saturated carbocycles. The largest absolute Gasteiger partial charge is 0.497 e. The van der Waals surface area contributed by atoms with Crippen molar-refractivity contribution in [2.24, 2.45) is 0 Å². The van der Waals surface area contributed by atoms with Crippen LogP contribution < -0.4 is 4.74 Å². The molecule has 2 saturated heterocycles. The highest BCUT2D eigenvalue weighted by Gasteiger charge is 2.31. The normalized spacial score (nSPS) is 20.6. The number of ether oxygens (including phenoxy) is 2. The molecule has 1 unspecified atom stereocenters. The van der Waals surface area contributed by atoms with E-state index in [2.05, 4.69) is 16.8 Å². The smallest absolute Gasteiger partial charge is 0.248 e. The van der Waals surface area contributed by atoms with Gasteiger partial charge in [-0.05, 0) is 89.5 Å². The molecule has 1 atom stereocenters. The van der Waals surface area contributed by atoms with Crippen molar-refractivity contribution < 1.29 is 22.7 Å². The second-order valence-corrected chi connectivity index (χ2v) is 12.3. The Balaban J connectivity index is 1.46. The first-order chi connectivity index (χ1) is 17.0. The average Bonchev–Trinajstić information content (AvgIpc) is 2.85. The number of methoxy groups -OCH3 is 1. The fraction of sp³-hybridized carbons (Fsp3) is 0.731. The fourth-order valence-corrected chi connectivity index (χ4v) is 6.92. The Morgan fingerprint density at radius 2 is 1.72 bits per heavy atom. The van der Waals surface area contributed by atoms with Crippen molar-refractivity contribution in [2.75, 3.05) is 74.2 Å². The van der Waals surface area contributed by atoms with Crippen molar-refractivity contribution >= 4 is 15.9 Å². The molecule has 1 aromatic rings. The second kappa shape index (κ2) is 12.7. The summed E-state index contributed by atoms with van der Waals surface area (Å²) in [6, 6.07) is 4.24. The van der Waals surface area contributed by atoms with Gasteiger partial charge in [-0.15, -0.1) is 0 Å². The number of rotatable bonds is 10. The van der Waals surface area contributed by atoms with Crippen molar-refractivity contribution in [3.05, 3.63) is 23.3 Å². The Kier molecular flexibility index (Phi) is 10.2. The van der Waals surface area contributed by atoms with Crippen LogP contribution in [0, 0.1) is 13.8 Å². The van der Waals surface area contributed by atoms with Gasteiger partial charge in [0.15, 0.2) is 0 Å². The molecule has 1 aromatic carbocycles. The van der Waals surface area contributed by atoms with Gasteiger partial charge in [0.2, 0.25) is 15.9 Å². The van der Waals surface area contributed by atoms with Crippen LogP contribution in [0.3, 0.4) is 0 Å². The first-order valence-electron chi connectivity index (χ1n) is 12.9. The molecule has 9 nitrogen and oxygen atoms in total. The third kappa shape index (κ3) is 6.98. The lowest BCUT2D eigenvalue weighted by atomic mass is 9.97. The molecule has 0 aliphatic carbocycles. The molecule has 3 rings (SSSR count). The maximum absolute atomic E-state index is 13.1. The molecule has 2 heterocycles. The Labute approximate surface area is 217 Å². The third-order valence-electron chi connectivity index (χ3n) is 7.69. The van der Waals surface area contributed by atoms with Gasteiger partial charge in [-0.1, -0.05) is 0 Å². The number of likely N-dealkylation sites (tertiary alicyclic amines) is 2. The summed E-state index contributed by atoms with van der Waals surface area (Å²) in [4.78, 5) is 19.9. The number of hydrogen-bond acceptors (Lipinski definition) is 7. The summed E-state index contributed by atoms with van der Waals surface area (Å²) in [6.45, 7) is 8.09. The number of amides is 1. The Bertz CT molecular complexity index is 971. The lowest BCUT2D eigenvalue weighted by Gasteiger charge is -2.43. The molecule has 10 heteroatoms. The maximum atomic E-state index is 13.1. The standard InChI is InChI=1S/C26H44N4O5S/c1-20-16-24(34-6)17-21(2)26(20)36(32,33)28(4)14-15-35-19-25(31)29(5)23-8-7-11-30(18-23)22-9-12-27(3)13-10-22/h16-17,22-23H,7-15,18-19H2,1-6H3. The highest BCUT2D eigenvalue weighted by Crippen LogP contribution is 2.28. The number of carbonyl (C=O) groups is 1. The van der Waals surface area contributed by atoms with E-state index in [1.165, 1.54) is 24.2 Å². The van der Waals surface area contributed by atoms with Gasteiger partial charge in [-0.25, -0.2) is 8.42 Å². The summed E-state index contributed by atoms with van der Waals surface area (Å²) >= 11 is 0. The molecule has 0 radical (unpaired) electrons. The molecule has 2 fully saturated rings.